The molecule has 8 nitrogen and oxygen atoms in total. The van der Waals surface area contributed by atoms with Gasteiger partial charge in [0.15, 0.2) is 11.6 Å². The average molecular weight is 577 g/mol. The van der Waals surface area contributed by atoms with E-state index in [-0.39, 0.29) is 16.9 Å². The summed E-state index contributed by atoms with van der Waals surface area (Å²) in [6.07, 6.45) is 5.41. The van der Waals surface area contributed by atoms with Gasteiger partial charge in [-0.3, -0.25) is 4.90 Å². The number of H-pyrrole nitrogens is 2. The molecule has 1 unspecified atom stereocenters. The van der Waals surface area contributed by atoms with E-state index in [1.165, 1.54) is 17.7 Å². The summed E-state index contributed by atoms with van der Waals surface area (Å²) in [6.45, 7) is 10.6. The predicted octanol–water partition coefficient (Wildman–Crippen LogP) is 6.38. The standard InChI is InChI=1S/C34H33FN6O2/c1-22(2)25-5-3-4-6-26(25)27-16-24(35)8-10-30(27)43-31-17-36-21-37-32(31)41-14-12-34(20-41)11-13-40(19-34)18-23-7-9-28-29(15-23)39-33(42)38-28/h3-10,15-17,21H,1,11-14,18-20H2,2H3,(H2,38,39,42). The number of aromatic nitrogens is 4. The number of halogens is 1. The average Bonchev–Trinajstić information content (AvgIpc) is 3.71. The molecule has 9 heteroatoms. The molecule has 0 radical (unpaired) electrons. The Bertz CT molecular complexity index is 1900. The zero-order valence-electron chi connectivity index (χ0n) is 24.1. The van der Waals surface area contributed by atoms with Gasteiger partial charge in [0.25, 0.3) is 0 Å². The van der Waals surface area contributed by atoms with Gasteiger partial charge in [0.2, 0.25) is 0 Å². The predicted molar refractivity (Wildman–Crippen MR) is 167 cm³/mol. The Kier molecular flexibility index (Phi) is 6.82. The number of imidazole rings is 1. The molecule has 2 N–H and O–H groups in total. The van der Waals surface area contributed by atoms with Crippen LogP contribution in [0, 0.1) is 11.2 Å². The Morgan fingerprint density at radius 1 is 1.00 bits per heavy atom. The van der Waals surface area contributed by atoms with E-state index < -0.39 is 0 Å². The van der Waals surface area contributed by atoms with Crippen LogP contribution in [0.5, 0.6) is 11.5 Å². The molecule has 2 aliphatic heterocycles. The third-order valence-electron chi connectivity index (χ3n) is 8.74. The summed E-state index contributed by atoms with van der Waals surface area (Å²) in [6, 6.07) is 18.5. The minimum absolute atomic E-state index is 0.163. The number of ether oxygens (including phenoxy) is 1. The van der Waals surface area contributed by atoms with Crippen molar-refractivity contribution >= 4 is 22.4 Å². The number of fused-ring (bicyclic) bond motifs is 1. The van der Waals surface area contributed by atoms with E-state index in [4.69, 9.17) is 4.74 Å². The van der Waals surface area contributed by atoms with E-state index in [9.17, 15) is 9.18 Å². The lowest BCUT2D eigenvalue weighted by Gasteiger charge is -2.26. The number of likely N-dealkylation sites (tertiary alicyclic amines) is 1. The van der Waals surface area contributed by atoms with E-state index in [1.807, 2.05) is 37.3 Å². The van der Waals surface area contributed by atoms with Gasteiger partial charge in [0, 0.05) is 37.2 Å². The fraction of sp³-hybridized carbons (Fsp3) is 0.265. The molecule has 1 spiro atoms. The van der Waals surface area contributed by atoms with Gasteiger partial charge in [-0.2, -0.15) is 0 Å². The molecule has 1 atom stereocenters. The molecule has 2 aliphatic rings. The highest BCUT2D eigenvalue weighted by Crippen LogP contribution is 2.44. The Hall–Kier alpha value is -4.76. The molecule has 0 amide bonds. The maximum Gasteiger partial charge on any atom is 0.323 e. The first-order chi connectivity index (χ1) is 20.9. The second-order valence-electron chi connectivity index (χ2n) is 11.9. The van der Waals surface area contributed by atoms with Crippen LogP contribution in [0.3, 0.4) is 0 Å². The number of hydrogen-bond acceptors (Lipinski definition) is 6. The highest BCUT2D eigenvalue weighted by molar-refractivity contribution is 5.83. The Morgan fingerprint density at radius 3 is 2.72 bits per heavy atom. The van der Waals surface area contributed by atoms with Crippen LogP contribution in [-0.4, -0.2) is 51.0 Å². The van der Waals surface area contributed by atoms with Crippen LogP contribution in [0.1, 0.15) is 30.9 Å². The molecule has 0 bridgehead atoms. The summed E-state index contributed by atoms with van der Waals surface area (Å²) in [4.78, 5) is 31.0. The molecule has 2 aromatic heterocycles. The molecule has 2 fully saturated rings. The Balaban J connectivity index is 1.10. The first kappa shape index (κ1) is 27.1. The second kappa shape index (κ2) is 10.8. The molecule has 0 aliphatic carbocycles. The Morgan fingerprint density at radius 2 is 1.84 bits per heavy atom. The highest BCUT2D eigenvalue weighted by atomic mass is 19.1. The van der Waals surface area contributed by atoms with Crippen molar-refractivity contribution in [2.45, 2.75) is 26.3 Å². The number of anilines is 1. The SMILES string of the molecule is C=C(C)c1ccccc1-c1cc(F)ccc1Oc1cncnc1N1CCC2(CCN(Cc3ccc4[nH]c(=O)[nH]c4c3)C2)C1. The minimum atomic E-state index is -0.336. The molecule has 2 saturated heterocycles. The van der Waals surface area contributed by atoms with Gasteiger partial charge in [-0.15, -0.1) is 0 Å². The van der Waals surface area contributed by atoms with Gasteiger partial charge in [0.1, 0.15) is 17.9 Å². The number of benzene rings is 3. The fourth-order valence-electron chi connectivity index (χ4n) is 6.68. The van der Waals surface area contributed by atoms with Crippen molar-refractivity contribution in [1.82, 2.24) is 24.8 Å². The van der Waals surface area contributed by atoms with Gasteiger partial charge in [0.05, 0.1) is 17.2 Å². The normalized spacial score (nSPS) is 18.6. The van der Waals surface area contributed by atoms with Gasteiger partial charge < -0.3 is 19.6 Å². The molecule has 5 aromatic rings. The molecule has 7 rings (SSSR count). The third kappa shape index (κ3) is 5.32. The van der Waals surface area contributed by atoms with E-state index >= 15 is 0 Å². The van der Waals surface area contributed by atoms with E-state index in [0.29, 0.717) is 17.1 Å². The first-order valence-corrected chi connectivity index (χ1v) is 14.6. The number of nitrogens with zero attached hydrogens (tertiary/aromatic N) is 4. The van der Waals surface area contributed by atoms with Crippen molar-refractivity contribution in [2.24, 2.45) is 5.41 Å². The quantitative estimate of drug-likeness (QED) is 0.234. The lowest BCUT2D eigenvalue weighted by molar-refractivity contribution is 0.270. The largest absolute Gasteiger partial charge is 0.451 e. The van der Waals surface area contributed by atoms with Crippen LogP contribution >= 0.6 is 0 Å². The molecule has 3 aromatic carbocycles. The maximum absolute atomic E-state index is 14.5. The number of allylic oxidation sites excluding steroid dienone is 1. The number of hydrogen-bond donors (Lipinski definition) is 2. The lowest BCUT2D eigenvalue weighted by Crippen LogP contribution is -2.31. The molecule has 0 saturated carbocycles. The summed E-state index contributed by atoms with van der Waals surface area (Å²) in [5.41, 5.74) is 6.18. The third-order valence-corrected chi connectivity index (χ3v) is 8.74. The van der Waals surface area contributed by atoms with Gasteiger partial charge >= 0.3 is 5.69 Å². The number of nitrogens with one attached hydrogen (secondary N) is 2. The van der Waals surface area contributed by atoms with Crippen molar-refractivity contribution in [3.8, 4) is 22.6 Å². The highest BCUT2D eigenvalue weighted by Gasteiger charge is 2.44. The van der Waals surface area contributed by atoms with E-state index in [1.54, 1.807) is 18.6 Å². The second-order valence-corrected chi connectivity index (χ2v) is 11.9. The summed E-state index contributed by atoms with van der Waals surface area (Å²) >= 11 is 0. The number of aromatic amines is 2. The summed E-state index contributed by atoms with van der Waals surface area (Å²) in [5, 5.41) is 0. The van der Waals surface area contributed by atoms with Crippen LogP contribution < -0.4 is 15.3 Å². The molecule has 4 heterocycles. The van der Waals surface area contributed by atoms with Crippen LogP contribution in [-0.2, 0) is 6.54 Å². The van der Waals surface area contributed by atoms with Crippen LogP contribution in [0.15, 0.2) is 84.6 Å². The van der Waals surface area contributed by atoms with Crippen molar-refractivity contribution in [1.29, 1.82) is 0 Å². The summed E-state index contributed by atoms with van der Waals surface area (Å²) in [5.74, 6) is 1.49. The first-order valence-electron chi connectivity index (χ1n) is 14.6. The van der Waals surface area contributed by atoms with Gasteiger partial charge in [-0.05, 0) is 73.3 Å². The fourth-order valence-corrected chi connectivity index (χ4v) is 6.68. The van der Waals surface area contributed by atoms with E-state index in [0.717, 1.165) is 79.1 Å². The van der Waals surface area contributed by atoms with Crippen molar-refractivity contribution in [3.63, 3.8) is 0 Å². The topological polar surface area (TPSA) is 90.1 Å². The van der Waals surface area contributed by atoms with Crippen LogP contribution in [0.2, 0.25) is 0 Å². The van der Waals surface area contributed by atoms with Crippen LogP contribution in [0.4, 0.5) is 10.2 Å². The lowest BCUT2D eigenvalue weighted by atomic mass is 9.86. The monoisotopic (exact) mass is 576 g/mol. The smallest absolute Gasteiger partial charge is 0.323 e. The van der Waals surface area contributed by atoms with Crippen LogP contribution in [0.25, 0.3) is 27.7 Å². The van der Waals surface area contributed by atoms with Gasteiger partial charge in [-0.1, -0.05) is 42.5 Å². The number of rotatable bonds is 7. The maximum atomic E-state index is 14.5. The zero-order chi connectivity index (χ0) is 29.6. The van der Waals surface area contributed by atoms with Gasteiger partial charge in [-0.25, -0.2) is 19.2 Å². The summed E-state index contributed by atoms with van der Waals surface area (Å²) < 4.78 is 21.0. The molecule has 43 heavy (non-hydrogen) atoms. The summed E-state index contributed by atoms with van der Waals surface area (Å²) in [7, 11) is 0. The van der Waals surface area contributed by atoms with E-state index in [2.05, 4.69) is 48.4 Å². The Labute approximate surface area is 248 Å². The zero-order valence-corrected chi connectivity index (χ0v) is 24.1. The van der Waals surface area contributed by atoms with Crippen molar-refractivity contribution in [3.05, 3.63) is 107 Å². The van der Waals surface area contributed by atoms with Crippen molar-refractivity contribution < 1.29 is 9.13 Å². The molecular formula is C34H33FN6O2. The van der Waals surface area contributed by atoms with Crippen molar-refractivity contribution in [2.75, 3.05) is 31.1 Å². The molecular weight excluding hydrogens is 543 g/mol. The minimum Gasteiger partial charge on any atom is -0.451 e. The molecule has 218 valence electrons.